The number of ether oxygens (including phenoxy) is 2. The van der Waals surface area contributed by atoms with Gasteiger partial charge in [0, 0.05) is 13.6 Å². The van der Waals surface area contributed by atoms with Gasteiger partial charge in [0.2, 0.25) is 5.91 Å². The molecule has 1 aliphatic rings. The maximum Gasteiger partial charge on any atom is 0.321 e. The average molecular weight is 403 g/mol. The van der Waals surface area contributed by atoms with E-state index in [0.29, 0.717) is 35.6 Å². The van der Waals surface area contributed by atoms with Crippen LogP contribution in [0.15, 0.2) is 42.1 Å². The first-order chi connectivity index (χ1) is 13.5. The Labute approximate surface area is 166 Å². The quantitative estimate of drug-likeness (QED) is 0.560. The molecule has 10 heteroatoms. The van der Waals surface area contributed by atoms with E-state index < -0.39 is 23.3 Å². The van der Waals surface area contributed by atoms with Crippen molar-refractivity contribution in [3.05, 3.63) is 42.7 Å². The highest BCUT2D eigenvalue weighted by Crippen LogP contribution is 2.36. The van der Waals surface area contributed by atoms with E-state index in [4.69, 9.17) is 9.47 Å². The van der Waals surface area contributed by atoms with E-state index in [-0.39, 0.29) is 0 Å². The van der Waals surface area contributed by atoms with Gasteiger partial charge in [0.25, 0.3) is 0 Å². The molecule has 1 aliphatic heterocycles. The molecule has 0 unspecified atom stereocenters. The standard InChI is InChI=1S/C18H21N5O4S/c1-4-9-23-15(14-10-26-12-7-5-6-8-13(12)27-14)21-22-18(23)28-11(2)16(24)20-17(25)19-3/h4-8,11,14H,1,9-10H2,2-3H3,(H2,19,20,24,25)/t11-,14-/m1/s1. The molecule has 2 aromatic rings. The number of nitrogens with one attached hydrogen (secondary N) is 2. The number of urea groups is 1. The zero-order valence-corrected chi connectivity index (χ0v) is 16.4. The molecule has 2 heterocycles. The fourth-order valence-electron chi connectivity index (χ4n) is 2.56. The molecular weight excluding hydrogens is 382 g/mol. The number of thioether (sulfide) groups is 1. The lowest BCUT2D eigenvalue weighted by molar-refractivity contribution is -0.119. The summed E-state index contributed by atoms with van der Waals surface area (Å²) in [7, 11) is 1.44. The smallest absolute Gasteiger partial charge is 0.321 e. The number of carbonyl (C=O) groups excluding carboxylic acids is 2. The number of benzene rings is 1. The Bertz CT molecular complexity index is 885. The van der Waals surface area contributed by atoms with Crippen LogP contribution in [0.4, 0.5) is 4.79 Å². The molecule has 28 heavy (non-hydrogen) atoms. The highest BCUT2D eigenvalue weighted by molar-refractivity contribution is 8.00. The van der Waals surface area contributed by atoms with Crippen LogP contribution in [0.5, 0.6) is 11.5 Å². The first-order valence-corrected chi connectivity index (χ1v) is 9.53. The van der Waals surface area contributed by atoms with Gasteiger partial charge in [0.15, 0.2) is 28.6 Å². The summed E-state index contributed by atoms with van der Waals surface area (Å²) in [5.74, 6) is 1.48. The summed E-state index contributed by atoms with van der Waals surface area (Å²) in [6.07, 6.45) is 1.27. The minimum atomic E-state index is -0.558. The highest BCUT2D eigenvalue weighted by Gasteiger charge is 2.29. The van der Waals surface area contributed by atoms with Gasteiger partial charge in [-0.25, -0.2) is 4.79 Å². The van der Waals surface area contributed by atoms with Gasteiger partial charge >= 0.3 is 6.03 Å². The Morgan fingerprint density at radius 3 is 2.86 bits per heavy atom. The minimum absolute atomic E-state index is 0.295. The van der Waals surface area contributed by atoms with Gasteiger partial charge in [0.1, 0.15) is 6.61 Å². The molecule has 0 spiro atoms. The average Bonchev–Trinajstić information content (AvgIpc) is 3.10. The molecular formula is C18H21N5O4S. The van der Waals surface area contributed by atoms with Crippen LogP contribution >= 0.6 is 11.8 Å². The maximum atomic E-state index is 12.1. The van der Waals surface area contributed by atoms with Crippen molar-refractivity contribution < 1.29 is 19.1 Å². The molecule has 2 N–H and O–H groups in total. The molecule has 1 aromatic carbocycles. The van der Waals surface area contributed by atoms with Crippen LogP contribution in [-0.2, 0) is 11.3 Å². The Morgan fingerprint density at radius 2 is 2.14 bits per heavy atom. The van der Waals surface area contributed by atoms with Gasteiger partial charge in [0.05, 0.1) is 5.25 Å². The number of fused-ring (bicyclic) bond motifs is 1. The monoisotopic (exact) mass is 403 g/mol. The molecule has 0 saturated carbocycles. The second kappa shape index (κ2) is 8.79. The van der Waals surface area contributed by atoms with E-state index in [1.807, 2.05) is 28.8 Å². The Balaban J connectivity index is 1.78. The third-order valence-corrected chi connectivity index (χ3v) is 5.05. The molecule has 0 bridgehead atoms. The lowest BCUT2D eigenvalue weighted by Gasteiger charge is -2.26. The highest BCUT2D eigenvalue weighted by atomic mass is 32.2. The topological polar surface area (TPSA) is 107 Å². The largest absolute Gasteiger partial charge is 0.485 e. The first-order valence-electron chi connectivity index (χ1n) is 8.65. The summed E-state index contributed by atoms with van der Waals surface area (Å²) in [5, 5.41) is 13.0. The van der Waals surface area contributed by atoms with Gasteiger partial charge in [-0.2, -0.15) is 0 Å². The van der Waals surface area contributed by atoms with Crippen molar-refractivity contribution in [2.75, 3.05) is 13.7 Å². The number of hydrogen-bond acceptors (Lipinski definition) is 7. The molecule has 148 valence electrons. The molecule has 9 nitrogen and oxygen atoms in total. The number of nitrogens with zero attached hydrogens (tertiary/aromatic N) is 3. The number of allylic oxidation sites excluding steroid dienone is 1. The zero-order valence-electron chi connectivity index (χ0n) is 15.5. The Kier molecular flexibility index (Phi) is 6.19. The molecule has 1 aromatic heterocycles. The van der Waals surface area contributed by atoms with Crippen molar-refractivity contribution >= 4 is 23.7 Å². The van der Waals surface area contributed by atoms with Gasteiger partial charge < -0.3 is 14.8 Å². The van der Waals surface area contributed by atoms with E-state index in [1.165, 1.54) is 18.8 Å². The van der Waals surface area contributed by atoms with Crippen molar-refractivity contribution in [1.29, 1.82) is 0 Å². The van der Waals surface area contributed by atoms with Crippen molar-refractivity contribution in [1.82, 2.24) is 25.4 Å². The number of carbonyl (C=O) groups is 2. The predicted molar refractivity (Wildman–Crippen MR) is 103 cm³/mol. The van der Waals surface area contributed by atoms with Crippen molar-refractivity contribution in [3.63, 3.8) is 0 Å². The van der Waals surface area contributed by atoms with Gasteiger partial charge in [-0.05, 0) is 19.1 Å². The van der Waals surface area contributed by atoms with Crippen LogP contribution in [0.1, 0.15) is 18.9 Å². The van der Waals surface area contributed by atoms with E-state index in [0.717, 1.165) is 0 Å². The third kappa shape index (κ3) is 4.28. The van der Waals surface area contributed by atoms with Crippen LogP contribution in [0.25, 0.3) is 0 Å². The number of rotatable bonds is 6. The second-order valence-corrected chi connectivity index (χ2v) is 7.24. The van der Waals surface area contributed by atoms with Gasteiger partial charge in [-0.15, -0.1) is 16.8 Å². The lowest BCUT2D eigenvalue weighted by atomic mass is 10.2. The molecule has 0 saturated heterocycles. The predicted octanol–water partition coefficient (Wildman–Crippen LogP) is 1.91. The van der Waals surface area contributed by atoms with Crippen LogP contribution in [0.3, 0.4) is 0 Å². The summed E-state index contributed by atoms with van der Waals surface area (Å²) in [6.45, 7) is 6.20. The second-order valence-electron chi connectivity index (χ2n) is 5.93. The van der Waals surface area contributed by atoms with Gasteiger partial charge in [-0.3, -0.25) is 14.7 Å². The zero-order chi connectivity index (χ0) is 20.1. The Morgan fingerprint density at radius 1 is 1.39 bits per heavy atom. The van der Waals surface area contributed by atoms with Gasteiger partial charge in [-0.1, -0.05) is 30.0 Å². The number of aromatic nitrogens is 3. The van der Waals surface area contributed by atoms with Crippen LogP contribution < -0.4 is 20.1 Å². The normalized spacial score (nSPS) is 16.1. The molecule has 0 radical (unpaired) electrons. The summed E-state index contributed by atoms with van der Waals surface area (Å²) in [5.41, 5.74) is 0. The molecule has 2 atom stereocenters. The minimum Gasteiger partial charge on any atom is -0.485 e. The fourth-order valence-corrected chi connectivity index (χ4v) is 3.43. The third-order valence-electron chi connectivity index (χ3n) is 3.97. The van der Waals surface area contributed by atoms with Crippen LogP contribution in [0.2, 0.25) is 0 Å². The fraction of sp³-hybridized carbons (Fsp3) is 0.333. The number of amides is 3. The number of imide groups is 1. The number of hydrogen-bond donors (Lipinski definition) is 2. The van der Waals surface area contributed by atoms with Crippen molar-refractivity contribution in [3.8, 4) is 11.5 Å². The molecule has 0 fully saturated rings. The van der Waals surface area contributed by atoms with E-state index >= 15 is 0 Å². The van der Waals surface area contributed by atoms with Crippen LogP contribution in [-0.4, -0.2) is 45.6 Å². The number of para-hydroxylation sites is 2. The first kappa shape index (κ1) is 19.7. The summed E-state index contributed by atoms with van der Waals surface area (Å²) >= 11 is 1.19. The van der Waals surface area contributed by atoms with Crippen molar-refractivity contribution in [2.45, 2.75) is 30.0 Å². The molecule has 3 rings (SSSR count). The summed E-state index contributed by atoms with van der Waals surface area (Å²) in [6, 6.07) is 6.86. The van der Waals surface area contributed by atoms with Crippen molar-refractivity contribution in [2.24, 2.45) is 0 Å². The molecule has 3 amide bonds. The van der Waals surface area contributed by atoms with E-state index in [2.05, 4.69) is 27.4 Å². The SMILES string of the molecule is C=CCn1c(S[C@H](C)C(=O)NC(=O)NC)nnc1[C@H]1COc2ccccc2O1. The Hall–Kier alpha value is -3.01. The summed E-state index contributed by atoms with van der Waals surface area (Å²) < 4.78 is 13.6. The molecule has 0 aliphatic carbocycles. The lowest BCUT2D eigenvalue weighted by Crippen LogP contribution is -2.41. The maximum absolute atomic E-state index is 12.1. The van der Waals surface area contributed by atoms with E-state index in [9.17, 15) is 9.59 Å². The van der Waals surface area contributed by atoms with E-state index in [1.54, 1.807) is 13.0 Å². The van der Waals surface area contributed by atoms with Crippen LogP contribution in [0, 0.1) is 0 Å². The summed E-state index contributed by atoms with van der Waals surface area (Å²) in [4.78, 5) is 23.4.